The fraction of sp³-hybridized carbons (Fsp3) is 0.452. The highest BCUT2D eigenvalue weighted by atomic mass is 32.2. The molecule has 1 N–H and O–H groups in total. The lowest BCUT2D eigenvalue weighted by Gasteiger charge is -2.25. The second-order valence-corrected chi connectivity index (χ2v) is 12.2. The number of nitrogens with zero attached hydrogens (tertiary/aromatic N) is 3. The quantitative estimate of drug-likeness (QED) is 0.368. The molecule has 2 amide bonds. The van der Waals surface area contributed by atoms with Crippen LogP contribution in [0.2, 0.25) is 0 Å². The number of methoxy groups -OCH3 is 3. The molecule has 1 aliphatic heterocycles. The Kier molecular flexibility index (Phi) is 9.21. The summed E-state index contributed by atoms with van der Waals surface area (Å²) in [6, 6.07) is 13.2. The van der Waals surface area contributed by atoms with Gasteiger partial charge in [-0.25, -0.2) is 4.68 Å². The van der Waals surface area contributed by atoms with Gasteiger partial charge in [-0.15, -0.1) is 11.8 Å². The van der Waals surface area contributed by atoms with Gasteiger partial charge in [-0.3, -0.25) is 14.5 Å². The Balaban J connectivity index is 2.02. The molecule has 4 rings (SSSR count). The molecule has 0 saturated carbocycles. The number of anilines is 1. The number of carbonyl (C=O) groups is 2. The summed E-state index contributed by atoms with van der Waals surface area (Å²) in [5, 5.41) is 7.84. The van der Waals surface area contributed by atoms with Crippen LogP contribution >= 0.6 is 11.8 Å². The van der Waals surface area contributed by atoms with E-state index in [0.717, 1.165) is 28.9 Å². The monoisotopic (exact) mass is 580 g/mol. The third-order valence-corrected chi connectivity index (χ3v) is 8.39. The molecular weight excluding hydrogens is 540 g/mol. The highest BCUT2D eigenvalue weighted by Gasteiger charge is 2.41. The maximum atomic E-state index is 13.9. The van der Waals surface area contributed by atoms with E-state index < -0.39 is 0 Å². The zero-order valence-corrected chi connectivity index (χ0v) is 25.9. The smallest absolute Gasteiger partial charge is 0.240 e. The van der Waals surface area contributed by atoms with Crippen LogP contribution in [0.4, 0.5) is 5.82 Å². The fourth-order valence-corrected chi connectivity index (χ4v) is 6.05. The average Bonchev–Trinajstić information content (AvgIpc) is 3.30. The molecule has 3 aromatic rings. The zero-order chi connectivity index (χ0) is 29.9. The van der Waals surface area contributed by atoms with Crippen LogP contribution in [-0.4, -0.2) is 61.3 Å². The van der Waals surface area contributed by atoms with Gasteiger partial charge >= 0.3 is 0 Å². The molecule has 220 valence electrons. The van der Waals surface area contributed by atoms with E-state index in [1.54, 1.807) is 30.9 Å². The van der Waals surface area contributed by atoms with Crippen LogP contribution in [0, 0.1) is 0 Å². The minimum atomic E-state index is -0.384. The first-order valence-corrected chi connectivity index (χ1v) is 14.8. The van der Waals surface area contributed by atoms with Gasteiger partial charge in [0.15, 0.2) is 0 Å². The van der Waals surface area contributed by atoms with E-state index in [2.05, 4.69) is 26.1 Å². The average molecular weight is 581 g/mol. The van der Waals surface area contributed by atoms with Gasteiger partial charge in [-0.1, -0.05) is 27.7 Å². The van der Waals surface area contributed by atoms with E-state index in [4.69, 9.17) is 19.3 Å². The molecule has 0 unspecified atom stereocenters. The van der Waals surface area contributed by atoms with E-state index in [1.165, 1.54) is 11.8 Å². The van der Waals surface area contributed by atoms with Crippen LogP contribution in [0.3, 0.4) is 0 Å². The highest BCUT2D eigenvalue weighted by molar-refractivity contribution is 8.00. The molecule has 1 aliphatic rings. The summed E-state index contributed by atoms with van der Waals surface area (Å²) >= 11 is 1.50. The Labute approximate surface area is 246 Å². The van der Waals surface area contributed by atoms with E-state index in [9.17, 15) is 9.59 Å². The normalized spacial score (nSPS) is 16.0. The molecule has 0 bridgehead atoms. The first kappa shape index (κ1) is 30.3. The molecule has 9 nitrogen and oxygen atoms in total. The van der Waals surface area contributed by atoms with Crippen molar-refractivity contribution in [2.24, 2.45) is 0 Å². The molecule has 41 heavy (non-hydrogen) atoms. The van der Waals surface area contributed by atoms with Crippen molar-refractivity contribution < 1.29 is 23.8 Å². The molecule has 0 fully saturated rings. The minimum Gasteiger partial charge on any atom is -0.497 e. The van der Waals surface area contributed by atoms with Crippen molar-refractivity contribution >= 4 is 29.4 Å². The second kappa shape index (κ2) is 12.5. The lowest BCUT2D eigenvalue weighted by atomic mass is 9.87. The molecule has 0 radical (unpaired) electrons. The Morgan fingerprint density at radius 3 is 2.32 bits per heavy atom. The van der Waals surface area contributed by atoms with Gasteiger partial charge in [0.25, 0.3) is 0 Å². The summed E-state index contributed by atoms with van der Waals surface area (Å²) in [4.78, 5) is 28.7. The standard InChI is InChI=1S/C31H40N4O5S/c1-9-19(2)32-25(36)17-34-26(37)18-41-28(23-16-22(39-7)14-15-24(23)40-8)27-29(31(3,4)5)33-35(30(27)34)20-10-12-21(38-6)13-11-20/h10-16,19,28H,9,17-18H2,1-8H3,(H,32,36)/t19-,28-/m0/s1. The van der Waals surface area contributed by atoms with Crippen molar-refractivity contribution in [3.8, 4) is 22.9 Å². The van der Waals surface area contributed by atoms with Gasteiger partial charge in [0.1, 0.15) is 29.6 Å². The topological polar surface area (TPSA) is 94.9 Å². The van der Waals surface area contributed by atoms with E-state index >= 15 is 0 Å². The number of aromatic nitrogens is 2. The molecule has 0 spiro atoms. The molecule has 1 aromatic heterocycles. The summed E-state index contributed by atoms with van der Waals surface area (Å²) < 4.78 is 18.5. The SMILES string of the molecule is CC[C@H](C)NC(=O)CN1C(=O)CS[C@@H](c2cc(OC)ccc2OC)c2c(C(C)(C)C)nn(-c3ccc(OC)cc3)c21. The van der Waals surface area contributed by atoms with Crippen molar-refractivity contribution in [1.82, 2.24) is 15.1 Å². The van der Waals surface area contributed by atoms with Crippen molar-refractivity contribution in [3.05, 3.63) is 59.3 Å². The van der Waals surface area contributed by atoms with E-state index in [0.29, 0.717) is 23.1 Å². The number of ether oxygens (including phenoxy) is 3. The molecule has 10 heteroatoms. The molecule has 2 atom stereocenters. The van der Waals surface area contributed by atoms with Gasteiger partial charge in [0.05, 0.1) is 43.7 Å². The number of thioether (sulfide) groups is 1. The number of rotatable bonds is 9. The minimum absolute atomic E-state index is 0.0103. The maximum absolute atomic E-state index is 13.9. The van der Waals surface area contributed by atoms with E-state index in [1.807, 2.05) is 56.3 Å². The summed E-state index contributed by atoms with van der Waals surface area (Å²) in [6.07, 6.45) is 0.788. The van der Waals surface area contributed by atoms with Crippen molar-refractivity contribution in [2.75, 3.05) is 38.5 Å². The number of benzene rings is 2. The molecule has 2 aromatic carbocycles. The predicted molar refractivity (Wildman–Crippen MR) is 163 cm³/mol. The lowest BCUT2D eigenvalue weighted by Crippen LogP contribution is -2.44. The summed E-state index contributed by atoms with van der Waals surface area (Å²) in [5.41, 5.74) is 2.93. The first-order valence-electron chi connectivity index (χ1n) is 13.7. The van der Waals surface area contributed by atoms with Gasteiger partial charge in [-0.2, -0.15) is 5.10 Å². The Morgan fingerprint density at radius 2 is 1.73 bits per heavy atom. The third kappa shape index (κ3) is 6.32. The van der Waals surface area contributed by atoms with E-state index in [-0.39, 0.29) is 40.8 Å². The van der Waals surface area contributed by atoms with Crippen LogP contribution in [0.25, 0.3) is 5.69 Å². The third-order valence-electron chi connectivity index (χ3n) is 7.16. The summed E-state index contributed by atoms with van der Waals surface area (Å²) in [6.45, 7) is 10.1. The summed E-state index contributed by atoms with van der Waals surface area (Å²) in [5.74, 6) is 2.42. The van der Waals surface area contributed by atoms with Gasteiger partial charge in [0, 0.05) is 22.6 Å². The Bertz CT molecular complexity index is 1400. The zero-order valence-electron chi connectivity index (χ0n) is 25.1. The van der Waals surface area contributed by atoms with Crippen molar-refractivity contribution in [2.45, 2.75) is 57.7 Å². The van der Waals surface area contributed by atoms with Gasteiger partial charge < -0.3 is 19.5 Å². The molecule has 0 saturated heterocycles. The number of carbonyl (C=O) groups excluding carboxylic acids is 2. The van der Waals surface area contributed by atoms with Crippen LogP contribution < -0.4 is 24.4 Å². The van der Waals surface area contributed by atoms with Crippen LogP contribution in [0.5, 0.6) is 17.2 Å². The number of nitrogens with one attached hydrogen (secondary N) is 1. The second-order valence-electron chi connectivity index (χ2n) is 11.1. The van der Waals surface area contributed by atoms with Crippen molar-refractivity contribution in [3.63, 3.8) is 0 Å². The number of amides is 2. The van der Waals surface area contributed by atoms with Crippen molar-refractivity contribution in [1.29, 1.82) is 0 Å². The Hall–Kier alpha value is -3.66. The number of hydrogen-bond acceptors (Lipinski definition) is 7. The molecule has 0 aliphatic carbocycles. The highest BCUT2D eigenvalue weighted by Crippen LogP contribution is 2.51. The largest absolute Gasteiger partial charge is 0.497 e. The fourth-order valence-electron chi connectivity index (χ4n) is 4.83. The molecular formula is C31H40N4O5S. The number of hydrogen-bond donors (Lipinski definition) is 1. The van der Waals surface area contributed by atoms with Crippen LogP contribution in [0.1, 0.15) is 63.1 Å². The first-order chi connectivity index (χ1) is 19.5. The van der Waals surface area contributed by atoms with Gasteiger partial charge in [0.2, 0.25) is 11.8 Å². The van der Waals surface area contributed by atoms with Crippen LogP contribution in [0.15, 0.2) is 42.5 Å². The Morgan fingerprint density at radius 1 is 1.07 bits per heavy atom. The number of fused-ring (bicyclic) bond motifs is 1. The predicted octanol–water partition coefficient (Wildman–Crippen LogP) is 5.28. The summed E-state index contributed by atoms with van der Waals surface area (Å²) in [7, 11) is 4.88. The van der Waals surface area contributed by atoms with Gasteiger partial charge in [-0.05, 0) is 55.8 Å². The van der Waals surface area contributed by atoms with Crippen LogP contribution in [-0.2, 0) is 15.0 Å². The molecule has 2 heterocycles. The maximum Gasteiger partial charge on any atom is 0.240 e. The lowest BCUT2D eigenvalue weighted by molar-refractivity contribution is -0.123.